The van der Waals surface area contributed by atoms with E-state index in [-0.39, 0.29) is 23.9 Å². The van der Waals surface area contributed by atoms with Gasteiger partial charge in [0.05, 0.1) is 13.3 Å². The van der Waals surface area contributed by atoms with Crippen molar-refractivity contribution in [3.8, 4) is 5.75 Å². The number of halogens is 1. The second-order valence-electron chi connectivity index (χ2n) is 3.99. The molecule has 19 heavy (non-hydrogen) atoms. The Morgan fingerprint density at radius 1 is 1.53 bits per heavy atom. The maximum absolute atomic E-state index is 13.5. The number of hydrogen-bond donors (Lipinski definition) is 1. The molecule has 0 fully saturated rings. The number of nitrogens with one attached hydrogen (secondary N) is 1. The number of carbonyl (C=O) groups excluding carboxylic acids is 1. The average molecular weight is 264 g/mol. The number of methoxy groups -OCH3 is 1. The first-order valence-corrected chi connectivity index (χ1v) is 5.55. The third kappa shape index (κ3) is 2.87. The van der Waals surface area contributed by atoms with E-state index in [1.165, 1.54) is 30.3 Å². The molecule has 2 rings (SSSR count). The zero-order chi connectivity index (χ0) is 13.8. The Labute approximate surface area is 109 Å². The third-order valence-corrected chi connectivity index (χ3v) is 2.62. The van der Waals surface area contributed by atoms with E-state index >= 15 is 0 Å². The van der Waals surface area contributed by atoms with Crippen LogP contribution in [-0.2, 0) is 6.54 Å². The van der Waals surface area contributed by atoms with Gasteiger partial charge in [-0.25, -0.2) is 4.39 Å². The first-order chi connectivity index (χ1) is 9.11. The largest absolute Gasteiger partial charge is 0.494 e. The highest BCUT2D eigenvalue weighted by atomic mass is 19.1. The van der Waals surface area contributed by atoms with Crippen molar-refractivity contribution >= 4 is 5.91 Å². The Morgan fingerprint density at radius 2 is 2.32 bits per heavy atom. The van der Waals surface area contributed by atoms with E-state index in [4.69, 9.17) is 4.74 Å². The molecule has 0 atom stereocenters. The Morgan fingerprint density at radius 3 is 2.89 bits per heavy atom. The summed E-state index contributed by atoms with van der Waals surface area (Å²) in [4.78, 5) is 13.3. The predicted molar refractivity (Wildman–Crippen MR) is 65.1 cm³/mol. The van der Waals surface area contributed by atoms with E-state index in [0.29, 0.717) is 5.56 Å². The second-order valence-corrected chi connectivity index (χ2v) is 3.99. The van der Waals surface area contributed by atoms with Crippen molar-refractivity contribution < 1.29 is 13.9 Å². The molecule has 1 amide bonds. The van der Waals surface area contributed by atoms with Crippen LogP contribution in [0.5, 0.6) is 5.75 Å². The number of aromatic amines is 1. The van der Waals surface area contributed by atoms with Crippen molar-refractivity contribution in [1.82, 2.24) is 20.3 Å². The normalized spacial score (nSPS) is 10.3. The van der Waals surface area contributed by atoms with Crippen LogP contribution in [0.25, 0.3) is 0 Å². The standard InChI is InChI=1S/C12H13FN4O2/c1-17(12(18)10-6-14-16-15-10)7-8-3-4-11(19-2)9(13)5-8/h3-6H,7H2,1-2H3,(H,14,15,16). The zero-order valence-corrected chi connectivity index (χ0v) is 10.6. The molecule has 0 aliphatic rings. The number of H-pyrrole nitrogens is 1. The van der Waals surface area contributed by atoms with Crippen LogP contribution < -0.4 is 4.74 Å². The van der Waals surface area contributed by atoms with Gasteiger partial charge >= 0.3 is 0 Å². The van der Waals surface area contributed by atoms with Gasteiger partial charge in [-0.1, -0.05) is 6.07 Å². The summed E-state index contributed by atoms with van der Waals surface area (Å²) in [7, 11) is 3.01. The molecule has 0 saturated carbocycles. The van der Waals surface area contributed by atoms with Gasteiger partial charge < -0.3 is 9.64 Å². The van der Waals surface area contributed by atoms with Gasteiger partial charge in [0.2, 0.25) is 0 Å². The molecule has 0 aliphatic carbocycles. The molecule has 1 N–H and O–H groups in total. The fourth-order valence-electron chi connectivity index (χ4n) is 1.65. The fraction of sp³-hybridized carbons (Fsp3) is 0.250. The van der Waals surface area contributed by atoms with E-state index in [1.54, 1.807) is 13.1 Å². The Kier molecular flexibility index (Phi) is 3.74. The molecule has 1 aromatic heterocycles. The monoisotopic (exact) mass is 264 g/mol. The molecular weight excluding hydrogens is 251 g/mol. The van der Waals surface area contributed by atoms with Crippen LogP contribution in [0.15, 0.2) is 24.4 Å². The molecule has 0 spiro atoms. The highest BCUT2D eigenvalue weighted by Gasteiger charge is 2.15. The van der Waals surface area contributed by atoms with Crippen molar-refractivity contribution in [3.05, 3.63) is 41.5 Å². The Bertz CT molecular complexity index is 571. The molecule has 1 aromatic carbocycles. The van der Waals surface area contributed by atoms with Crippen LogP contribution in [0.2, 0.25) is 0 Å². The molecule has 7 heteroatoms. The number of hydrogen-bond acceptors (Lipinski definition) is 4. The van der Waals surface area contributed by atoms with Crippen LogP contribution in [0.4, 0.5) is 4.39 Å². The quantitative estimate of drug-likeness (QED) is 0.901. The number of amides is 1. The van der Waals surface area contributed by atoms with Gasteiger partial charge in [-0.2, -0.15) is 15.4 Å². The summed E-state index contributed by atoms with van der Waals surface area (Å²) in [5.74, 6) is -0.568. The van der Waals surface area contributed by atoms with Crippen LogP contribution in [0.1, 0.15) is 16.1 Å². The molecule has 0 unspecified atom stereocenters. The molecule has 100 valence electrons. The summed E-state index contributed by atoms with van der Waals surface area (Å²) in [6.07, 6.45) is 1.34. The topological polar surface area (TPSA) is 71.1 Å². The lowest BCUT2D eigenvalue weighted by Gasteiger charge is -2.16. The maximum atomic E-state index is 13.5. The first kappa shape index (κ1) is 13.0. The molecule has 0 aliphatic heterocycles. The van der Waals surface area contributed by atoms with Gasteiger partial charge in [-0.15, -0.1) is 0 Å². The summed E-state index contributed by atoms with van der Waals surface area (Å²) in [5.41, 5.74) is 0.883. The summed E-state index contributed by atoms with van der Waals surface area (Å²) in [6, 6.07) is 4.57. The van der Waals surface area contributed by atoms with Crippen molar-refractivity contribution in [2.75, 3.05) is 14.2 Å². The smallest absolute Gasteiger partial charge is 0.276 e. The molecule has 0 radical (unpaired) electrons. The number of benzene rings is 1. The Hall–Kier alpha value is -2.44. The maximum Gasteiger partial charge on any atom is 0.276 e. The van der Waals surface area contributed by atoms with E-state index in [0.717, 1.165) is 0 Å². The predicted octanol–water partition coefficient (Wildman–Crippen LogP) is 1.22. The molecule has 6 nitrogen and oxygen atoms in total. The number of carbonyl (C=O) groups is 1. The van der Waals surface area contributed by atoms with Crippen LogP contribution in [0.3, 0.4) is 0 Å². The van der Waals surface area contributed by atoms with Crippen molar-refractivity contribution in [1.29, 1.82) is 0 Å². The van der Waals surface area contributed by atoms with Gasteiger partial charge in [-0.05, 0) is 17.7 Å². The number of ether oxygens (including phenoxy) is 1. The summed E-state index contributed by atoms with van der Waals surface area (Å²) < 4.78 is 18.4. The van der Waals surface area contributed by atoms with Crippen molar-refractivity contribution in [2.45, 2.75) is 6.54 Å². The van der Waals surface area contributed by atoms with Gasteiger partial charge in [-0.3, -0.25) is 4.79 Å². The van der Waals surface area contributed by atoms with E-state index in [9.17, 15) is 9.18 Å². The first-order valence-electron chi connectivity index (χ1n) is 5.55. The zero-order valence-electron chi connectivity index (χ0n) is 10.6. The van der Waals surface area contributed by atoms with Crippen LogP contribution >= 0.6 is 0 Å². The highest BCUT2D eigenvalue weighted by molar-refractivity contribution is 5.91. The molecule has 1 heterocycles. The number of rotatable bonds is 4. The van der Waals surface area contributed by atoms with Gasteiger partial charge in [0, 0.05) is 13.6 Å². The minimum absolute atomic E-state index is 0.175. The van der Waals surface area contributed by atoms with Gasteiger partial charge in [0.15, 0.2) is 17.3 Å². The van der Waals surface area contributed by atoms with Crippen molar-refractivity contribution in [2.24, 2.45) is 0 Å². The highest BCUT2D eigenvalue weighted by Crippen LogP contribution is 2.18. The minimum atomic E-state index is -0.456. The van der Waals surface area contributed by atoms with Crippen LogP contribution in [0, 0.1) is 5.82 Å². The average Bonchev–Trinajstić information content (AvgIpc) is 2.92. The fourth-order valence-corrected chi connectivity index (χ4v) is 1.65. The van der Waals surface area contributed by atoms with E-state index < -0.39 is 5.82 Å². The number of nitrogens with zero attached hydrogens (tertiary/aromatic N) is 3. The lowest BCUT2D eigenvalue weighted by molar-refractivity contribution is 0.0779. The summed E-state index contributed by atoms with van der Waals surface area (Å²) in [6.45, 7) is 0.270. The Balaban J connectivity index is 2.08. The van der Waals surface area contributed by atoms with Crippen LogP contribution in [-0.4, -0.2) is 40.4 Å². The molecule has 0 saturated heterocycles. The summed E-state index contributed by atoms with van der Waals surface area (Å²) >= 11 is 0. The van der Waals surface area contributed by atoms with Gasteiger partial charge in [0.25, 0.3) is 5.91 Å². The number of aromatic nitrogens is 3. The lowest BCUT2D eigenvalue weighted by Crippen LogP contribution is -2.26. The van der Waals surface area contributed by atoms with Crippen molar-refractivity contribution in [3.63, 3.8) is 0 Å². The van der Waals surface area contributed by atoms with Gasteiger partial charge in [0.1, 0.15) is 0 Å². The SMILES string of the molecule is COc1ccc(CN(C)C(=O)c2cn[nH]n2)cc1F. The lowest BCUT2D eigenvalue weighted by atomic mass is 10.2. The third-order valence-electron chi connectivity index (χ3n) is 2.62. The second kappa shape index (κ2) is 5.47. The molecule has 0 bridgehead atoms. The molecular formula is C12H13FN4O2. The molecule has 2 aromatic rings. The minimum Gasteiger partial charge on any atom is -0.494 e. The van der Waals surface area contributed by atoms with E-state index in [1.807, 2.05) is 0 Å². The van der Waals surface area contributed by atoms with E-state index in [2.05, 4.69) is 15.4 Å². The summed E-state index contributed by atoms with van der Waals surface area (Å²) in [5, 5.41) is 9.64.